The number of nitrogens with one attached hydrogen (secondary N) is 1. The molecule has 9 heteroatoms. The van der Waals surface area contributed by atoms with Crippen LogP contribution in [0, 0.1) is 0 Å². The number of carbonyl (C=O) groups is 2. The first-order chi connectivity index (χ1) is 14.8. The van der Waals surface area contributed by atoms with Gasteiger partial charge >= 0.3 is 0 Å². The molecule has 2 aromatic carbocycles. The van der Waals surface area contributed by atoms with Crippen LogP contribution in [0.4, 0.5) is 5.69 Å². The van der Waals surface area contributed by atoms with Gasteiger partial charge < -0.3 is 10.2 Å². The van der Waals surface area contributed by atoms with Gasteiger partial charge in [0.05, 0.1) is 26.7 Å². The van der Waals surface area contributed by atoms with E-state index in [-0.39, 0.29) is 21.4 Å². The van der Waals surface area contributed by atoms with Crippen LogP contribution in [-0.2, 0) is 10.0 Å². The van der Waals surface area contributed by atoms with Crippen molar-refractivity contribution in [2.24, 2.45) is 0 Å². The highest BCUT2D eigenvalue weighted by atomic mass is 35.5. The van der Waals surface area contributed by atoms with Crippen LogP contribution in [0.1, 0.15) is 47.4 Å². The number of nitrogens with zero attached hydrogens (tertiary/aromatic N) is 2. The Bertz CT molecular complexity index is 1080. The van der Waals surface area contributed by atoms with Crippen molar-refractivity contribution in [3.05, 3.63) is 58.6 Å². The fourth-order valence-corrected chi connectivity index (χ4v) is 5.31. The summed E-state index contributed by atoms with van der Waals surface area (Å²) in [6.07, 6.45) is 1.63. The zero-order chi connectivity index (χ0) is 22.6. The molecule has 1 saturated heterocycles. The summed E-state index contributed by atoms with van der Waals surface area (Å²) in [7, 11) is -3.69. The Labute approximate surface area is 188 Å². The Kier molecular flexibility index (Phi) is 7.35. The monoisotopic (exact) mass is 463 g/mol. The standard InChI is InChI=1S/C22H26ClN3O4S/c1-3-25(4-2)22(28)17-9-5-6-10-20(17)24-21(27)18-15-16(11-12-19(18)23)31(29,30)26-13-7-8-14-26/h5-6,9-12,15H,3-4,7-8,13-14H2,1-2H3,(H,24,27). The van der Waals surface area contributed by atoms with Crippen LogP contribution in [0.25, 0.3) is 0 Å². The molecular formula is C22H26ClN3O4S. The van der Waals surface area contributed by atoms with Crippen LogP contribution in [0.2, 0.25) is 5.02 Å². The third kappa shape index (κ3) is 4.92. The smallest absolute Gasteiger partial charge is 0.257 e. The van der Waals surface area contributed by atoms with E-state index < -0.39 is 15.9 Å². The first kappa shape index (κ1) is 23.2. The van der Waals surface area contributed by atoms with Gasteiger partial charge in [-0.3, -0.25) is 9.59 Å². The SMILES string of the molecule is CCN(CC)C(=O)c1ccccc1NC(=O)c1cc(S(=O)(=O)N2CCCC2)ccc1Cl. The minimum atomic E-state index is -3.69. The molecule has 166 valence electrons. The van der Waals surface area contributed by atoms with Crippen molar-refractivity contribution in [2.75, 3.05) is 31.5 Å². The molecule has 0 aliphatic carbocycles. The molecule has 0 atom stereocenters. The van der Waals surface area contributed by atoms with E-state index in [1.54, 1.807) is 29.2 Å². The molecule has 3 rings (SSSR count). The normalized spacial score (nSPS) is 14.4. The number of halogens is 1. The molecule has 7 nitrogen and oxygen atoms in total. The number of rotatable bonds is 7. The van der Waals surface area contributed by atoms with E-state index >= 15 is 0 Å². The van der Waals surface area contributed by atoms with Gasteiger partial charge in [-0.25, -0.2) is 8.42 Å². The first-order valence-electron chi connectivity index (χ1n) is 10.3. The van der Waals surface area contributed by atoms with Gasteiger partial charge in [-0.1, -0.05) is 23.7 Å². The van der Waals surface area contributed by atoms with Gasteiger partial charge in [-0.05, 0) is 57.0 Å². The van der Waals surface area contributed by atoms with E-state index in [4.69, 9.17) is 11.6 Å². The van der Waals surface area contributed by atoms with Gasteiger partial charge in [-0.15, -0.1) is 0 Å². The molecule has 31 heavy (non-hydrogen) atoms. The Morgan fingerprint density at radius 1 is 1.03 bits per heavy atom. The van der Waals surface area contributed by atoms with E-state index in [1.165, 1.54) is 22.5 Å². The number of carbonyl (C=O) groups excluding carboxylic acids is 2. The van der Waals surface area contributed by atoms with Crippen LogP contribution in [-0.4, -0.2) is 55.6 Å². The quantitative estimate of drug-likeness (QED) is 0.675. The number of sulfonamides is 1. The van der Waals surface area contributed by atoms with Crippen LogP contribution < -0.4 is 5.32 Å². The molecular weight excluding hydrogens is 438 g/mol. The molecule has 1 N–H and O–H groups in total. The minimum absolute atomic E-state index is 0.0245. The molecule has 0 spiro atoms. The van der Waals surface area contributed by atoms with E-state index in [1.807, 2.05) is 13.8 Å². The number of para-hydroxylation sites is 1. The predicted molar refractivity (Wildman–Crippen MR) is 121 cm³/mol. The van der Waals surface area contributed by atoms with Crippen molar-refractivity contribution in [3.8, 4) is 0 Å². The number of anilines is 1. The Morgan fingerprint density at radius 3 is 2.32 bits per heavy atom. The highest BCUT2D eigenvalue weighted by molar-refractivity contribution is 7.89. The number of benzene rings is 2. The summed E-state index contributed by atoms with van der Waals surface area (Å²) in [5.74, 6) is -0.777. The second-order valence-electron chi connectivity index (χ2n) is 7.23. The number of amides is 2. The van der Waals surface area contributed by atoms with E-state index in [9.17, 15) is 18.0 Å². The third-order valence-electron chi connectivity index (χ3n) is 5.34. The largest absolute Gasteiger partial charge is 0.339 e. The molecule has 2 aromatic rings. The van der Waals surface area contributed by atoms with Crippen molar-refractivity contribution in [2.45, 2.75) is 31.6 Å². The zero-order valence-corrected chi connectivity index (χ0v) is 19.2. The molecule has 0 aromatic heterocycles. The maximum absolute atomic E-state index is 13.0. The minimum Gasteiger partial charge on any atom is -0.339 e. The predicted octanol–water partition coefficient (Wildman–Crippen LogP) is 3.86. The molecule has 1 aliphatic heterocycles. The second kappa shape index (κ2) is 9.80. The lowest BCUT2D eigenvalue weighted by Crippen LogP contribution is -2.31. The van der Waals surface area contributed by atoms with Gasteiger partial charge in [0.15, 0.2) is 0 Å². The maximum Gasteiger partial charge on any atom is 0.257 e. The van der Waals surface area contributed by atoms with Gasteiger partial charge in [0, 0.05) is 26.2 Å². The van der Waals surface area contributed by atoms with Gasteiger partial charge in [0.25, 0.3) is 11.8 Å². The lowest BCUT2D eigenvalue weighted by molar-refractivity contribution is 0.0774. The second-order valence-corrected chi connectivity index (χ2v) is 9.58. The zero-order valence-electron chi connectivity index (χ0n) is 17.6. The Morgan fingerprint density at radius 2 is 1.68 bits per heavy atom. The maximum atomic E-state index is 13.0. The summed E-state index contributed by atoms with van der Waals surface area (Å²) in [4.78, 5) is 27.5. The van der Waals surface area contributed by atoms with E-state index in [2.05, 4.69) is 5.32 Å². The lowest BCUT2D eigenvalue weighted by Gasteiger charge is -2.20. The molecule has 0 saturated carbocycles. The van der Waals surface area contributed by atoms with E-state index in [0.717, 1.165) is 12.8 Å². The molecule has 2 amide bonds. The molecule has 1 aliphatic rings. The van der Waals surface area contributed by atoms with Crippen LogP contribution >= 0.6 is 11.6 Å². The molecule has 0 radical (unpaired) electrons. The van der Waals surface area contributed by atoms with Crippen LogP contribution in [0.5, 0.6) is 0 Å². The van der Waals surface area contributed by atoms with Crippen molar-refractivity contribution in [1.82, 2.24) is 9.21 Å². The highest BCUT2D eigenvalue weighted by Gasteiger charge is 2.28. The van der Waals surface area contributed by atoms with Crippen molar-refractivity contribution >= 4 is 39.1 Å². The molecule has 1 heterocycles. The summed E-state index contributed by atoms with van der Waals surface area (Å²) >= 11 is 6.22. The third-order valence-corrected chi connectivity index (χ3v) is 7.57. The molecule has 0 unspecified atom stereocenters. The first-order valence-corrected chi connectivity index (χ1v) is 12.1. The fourth-order valence-electron chi connectivity index (χ4n) is 3.57. The number of hydrogen-bond donors (Lipinski definition) is 1. The summed E-state index contributed by atoms with van der Waals surface area (Å²) in [5.41, 5.74) is 0.733. The van der Waals surface area contributed by atoms with Crippen LogP contribution in [0.3, 0.4) is 0 Å². The Hall–Kier alpha value is -2.42. The lowest BCUT2D eigenvalue weighted by atomic mass is 10.1. The average molecular weight is 464 g/mol. The summed E-state index contributed by atoms with van der Waals surface area (Å²) in [6, 6.07) is 10.8. The van der Waals surface area contributed by atoms with E-state index in [0.29, 0.717) is 37.4 Å². The number of hydrogen-bond acceptors (Lipinski definition) is 4. The summed E-state index contributed by atoms with van der Waals surface area (Å²) < 4.78 is 27.1. The van der Waals surface area contributed by atoms with Crippen LogP contribution in [0.15, 0.2) is 47.4 Å². The average Bonchev–Trinajstić information content (AvgIpc) is 3.31. The topological polar surface area (TPSA) is 86.8 Å². The van der Waals surface area contributed by atoms with Crippen molar-refractivity contribution in [1.29, 1.82) is 0 Å². The van der Waals surface area contributed by atoms with Crippen molar-refractivity contribution in [3.63, 3.8) is 0 Å². The fraction of sp³-hybridized carbons (Fsp3) is 0.364. The Balaban J connectivity index is 1.91. The highest BCUT2D eigenvalue weighted by Crippen LogP contribution is 2.27. The van der Waals surface area contributed by atoms with Gasteiger partial charge in [-0.2, -0.15) is 4.31 Å². The van der Waals surface area contributed by atoms with Gasteiger partial charge in [0.2, 0.25) is 10.0 Å². The summed E-state index contributed by atoms with van der Waals surface area (Å²) in [5, 5.41) is 2.85. The van der Waals surface area contributed by atoms with Crippen molar-refractivity contribution < 1.29 is 18.0 Å². The molecule has 1 fully saturated rings. The molecule has 0 bridgehead atoms. The summed E-state index contributed by atoms with van der Waals surface area (Å²) in [6.45, 7) is 5.78. The van der Waals surface area contributed by atoms with Gasteiger partial charge in [0.1, 0.15) is 0 Å².